The van der Waals surface area contributed by atoms with E-state index in [-0.39, 0.29) is 12.2 Å². The lowest BCUT2D eigenvalue weighted by atomic mass is 9.99. The van der Waals surface area contributed by atoms with Gasteiger partial charge in [-0.15, -0.1) is 0 Å². The summed E-state index contributed by atoms with van der Waals surface area (Å²) in [6.07, 6.45) is 11.8. The first-order valence-corrected chi connectivity index (χ1v) is 11.7. The normalized spacial score (nSPS) is 19.4. The number of benzene rings is 2. The van der Waals surface area contributed by atoms with Crippen molar-refractivity contribution < 1.29 is 9.47 Å². The Kier molecular flexibility index (Phi) is 9.24. The van der Waals surface area contributed by atoms with E-state index in [0.29, 0.717) is 13.2 Å². The topological polar surface area (TPSA) is 18.5 Å². The van der Waals surface area contributed by atoms with Crippen LogP contribution in [-0.2, 0) is 15.9 Å². The number of hydrogen-bond donors (Lipinski definition) is 0. The van der Waals surface area contributed by atoms with Crippen molar-refractivity contribution in [3.8, 4) is 11.1 Å². The molecule has 0 N–H and O–H groups in total. The van der Waals surface area contributed by atoms with Gasteiger partial charge in [-0.1, -0.05) is 101 Å². The van der Waals surface area contributed by atoms with E-state index in [1.165, 1.54) is 73.6 Å². The Hall–Kier alpha value is -1.64. The van der Waals surface area contributed by atoms with E-state index in [1.54, 1.807) is 0 Å². The predicted octanol–water partition coefficient (Wildman–Crippen LogP) is 7.51. The Balaban J connectivity index is 1.48. The third kappa shape index (κ3) is 6.97. The third-order valence-corrected chi connectivity index (χ3v) is 5.98. The SMILES string of the molecule is CCCCCCCc1ccc(-c2ccc(C3COC(CCCC)CO3)cc2)cc1. The summed E-state index contributed by atoms with van der Waals surface area (Å²) in [5.41, 5.74) is 5.21. The van der Waals surface area contributed by atoms with Crippen LogP contribution in [0.25, 0.3) is 11.1 Å². The summed E-state index contributed by atoms with van der Waals surface area (Å²) in [6.45, 7) is 5.87. The molecule has 158 valence electrons. The number of rotatable bonds is 11. The van der Waals surface area contributed by atoms with Crippen LogP contribution < -0.4 is 0 Å². The Labute approximate surface area is 177 Å². The molecule has 2 atom stereocenters. The standard InChI is InChI=1S/C27H38O2/c1-3-5-7-8-9-10-22-12-14-23(15-13-22)24-16-18-25(19-17-24)27-21-28-26(20-29-27)11-6-4-2/h12-19,26-27H,3-11,20-21H2,1-2H3. The predicted molar refractivity (Wildman–Crippen MR) is 122 cm³/mol. The maximum atomic E-state index is 6.07. The van der Waals surface area contributed by atoms with Crippen LogP contribution in [0.5, 0.6) is 0 Å². The first kappa shape index (κ1) is 22.1. The van der Waals surface area contributed by atoms with Gasteiger partial charge in [-0.05, 0) is 41.5 Å². The van der Waals surface area contributed by atoms with Crippen LogP contribution in [0.3, 0.4) is 0 Å². The second-order valence-electron chi connectivity index (χ2n) is 8.40. The summed E-state index contributed by atoms with van der Waals surface area (Å²) in [5.74, 6) is 0. The highest BCUT2D eigenvalue weighted by Crippen LogP contribution is 2.27. The molecule has 2 aromatic carbocycles. The summed E-state index contributed by atoms with van der Waals surface area (Å²) in [4.78, 5) is 0. The largest absolute Gasteiger partial charge is 0.373 e. The molecule has 3 rings (SSSR count). The quantitative estimate of drug-likeness (QED) is 0.367. The molecule has 2 nitrogen and oxygen atoms in total. The van der Waals surface area contributed by atoms with E-state index in [2.05, 4.69) is 62.4 Å². The molecule has 2 unspecified atom stereocenters. The Bertz CT molecular complexity index is 681. The van der Waals surface area contributed by atoms with Crippen molar-refractivity contribution in [3.05, 3.63) is 59.7 Å². The molecule has 29 heavy (non-hydrogen) atoms. The van der Waals surface area contributed by atoms with Gasteiger partial charge in [0.15, 0.2) is 0 Å². The summed E-state index contributed by atoms with van der Waals surface area (Å²) >= 11 is 0. The number of hydrogen-bond acceptors (Lipinski definition) is 2. The van der Waals surface area contributed by atoms with Gasteiger partial charge in [-0.25, -0.2) is 0 Å². The van der Waals surface area contributed by atoms with Crippen molar-refractivity contribution in [2.45, 2.75) is 83.8 Å². The molecule has 0 aliphatic carbocycles. The average molecular weight is 395 g/mol. The second-order valence-corrected chi connectivity index (χ2v) is 8.40. The Morgan fingerprint density at radius 1 is 0.690 bits per heavy atom. The Morgan fingerprint density at radius 2 is 1.34 bits per heavy atom. The van der Waals surface area contributed by atoms with Crippen molar-refractivity contribution >= 4 is 0 Å². The molecular weight excluding hydrogens is 356 g/mol. The van der Waals surface area contributed by atoms with Gasteiger partial charge >= 0.3 is 0 Å². The van der Waals surface area contributed by atoms with Gasteiger partial charge in [-0.2, -0.15) is 0 Å². The van der Waals surface area contributed by atoms with Crippen LogP contribution in [0.4, 0.5) is 0 Å². The van der Waals surface area contributed by atoms with Crippen molar-refractivity contribution in [1.29, 1.82) is 0 Å². The van der Waals surface area contributed by atoms with Crippen molar-refractivity contribution in [1.82, 2.24) is 0 Å². The van der Waals surface area contributed by atoms with Gasteiger partial charge in [0, 0.05) is 0 Å². The van der Waals surface area contributed by atoms with Gasteiger partial charge in [0.2, 0.25) is 0 Å². The third-order valence-electron chi connectivity index (χ3n) is 5.98. The van der Waals surface area contributed by atoms with E-state index in [4.69, 9.17) is 9.47 Å². The van der Waals surface area contributed by atoms with Crippen LogP contribution in [-0.4, -0.2) is 19.3 Å². The lowest BCUT2D eigenvalue weighted by Gasteiger charge is -2.30. The summed E-state index contributed by atoms with van der Waals surface area (Å²) < 4.78 is 12.1. The van der Waals surface area contributed by atoms with Crippen molar-refractivity contribution in [3.63, 3.8) is 0 Å². The fourth-order valence-electron chi connectivity index (χ4n) is 4.02. The molecule has 1 fully saturated rings. The first-order valence-electron chi connectivity index (χ1n) is 11.7. The van der Waals surface area contributed by atoms with E-state index in [1.807, 2.05) is 0 Å². The lowest BCUT2D eigenvalue weighted by molar-refractivity contribution is -0.137. The first-order chi connectivity index (χ1) is 14.3. The van der Waals surface area contributed by atoms with Crippen molar-refractivity contribution in [2.75, 3.05) is 13.2 Å². The molecule has 1 aliphatic heterocycles. The van der Waals surface area contributed by atoms with E-state index in [9.17, 15) is 0 Å². The van der Waals surface area contributed by atoms with Gasteiger partial charge < -0.3 is 9.47 Å². The maximum Gasteiger partial charge on any atom is 0.106 e. The van der Waals surface area contributed by atoms with Crippen LogP contribution in [0.1, 0.15) is 82.4 Å². The second kappa shape index (κ2) is 12.1. The molecule has 0 saturated carbocycles. The van der Waals surface area contributed by atoms with Crippen LogP contribution in [0.15, 0.2) is 48.5 Å². The number of aryl methyl sites for hydroxylation is 1. The van der Waals surface area contributed by atoms with Gasteiger partial charge in [-0.3, -0.25) is 0 Å². The monoisotopic (exact) mass is 394 g/mol. The highest BCUT2D eigenvalue weighted by atomic mass is 16.6. The molecule has 0 amide bonds. The van der Waals surface area contributed by atoms with Gasteiger partial charge in [0.05, 0.1) is 19.3 Å². The lowest BCUT2D eigenvalue weighted by Crippen LogP contribution is -2.31. The Morgan fingerprint density at radius 3 is 1.97 bits per heavy atom. The molecule has 0 spiro atoms. The minimum absolute atomic E-state index is 0.0667. The molecule has 2 aromatic rings. The van der Waals surface area contributed by atoms with Crippen LogP contribution in [0, 0.1) is 0 Å². The van der Waals surface area contributed by atoms with E-state index in [0.717, 1.165) is 6.42 Å². The van der Waals surface area contributed by atoms with Crippen molar-refractivity contribution in [2.24, 2.45) is 0 Å². The van der Waals surface area contributed by atoms with Crippen LogP contribution >= 0.6 is 0 Å². The smallest absolute Gasteiger partial charge is 0.106 e. The highest BCUT2D eigenvalue weighted by molar-refractivity contribution is 5.64. The summed E-state index contributed by atoms with van der Waals surface area (Å²) in [6, 6.07) is 17.9. The number of unbranched alkanes of at least 4 members (excludes halogenated alkanes) is 5. The molecule has 2 heteroatoms. The molecule has 1 aliphatic rings. The van der Waals surface area contributed by atoms with E-state index >= 15 is 0 Å². The fourth-order valence-corrected chi connectivity index (χ4v) is 4.02. The molecule has 0 radical (unpaired) electrons. The minimum atomic E-state index is 0.0667. The zero-order valence-electron chi connectivity index (χ0n) is 18.4. The maximum absolute atomic E-state index is 6.07. The molecule has 0 bridgehead atoms. The van der Waals surface area contributed by atoms with Gasteiger partial charge in [0.25, 0.3) is 0 Å². The highest BCUT2D eigenvalue weighted by Gasteiger charge is 2.23. The van der Waals surface area contributed by atoms with Gasteiger partial charge in [0.1, 0.15) is 6.10 Å². The number of ether oxygens (including phenoxy) is 2. The molecule has 1 saturated heterocycles. The summed E-state index contributed by atoms with van der Waals surface area (Å²) in [7, 11) is 0. The average Bonchev–Trinajstić information content (AvgIpc) is 2.78. The molecule has 1 heterocycles. The zero-order valence-corrected chi connectivity index (χ0v) is 18.4. The summed E-state index contributed by atoms with van der Waals surface area (Å²) in [5, 5.41) is 0. The minimum Gasteiger partial charge on any atom is -0.373 e. The zero-order chi connectivity index (χ0) is 20.3. The molecule has 0 aromatic heterocycles. The van der Waals surface area contributed by atoms with E-state index < -0.39 is 0 Å². The van der Waals surface area contributed by atoms with Crippen LogP contribution in [0.2, 0.25) is 0 Å². The fraction of sp³-hybridized carbons (Fsp3) is 0.556. The molecular formula is C27H38O2.